The number of carbonyl (C=O) groups excluding carboxylic acids is 2. The lowest BCUT2D eigenvalue weighted by Crippen LogP contribution is -2.41. The van der Waals surface area contributed by atoms with E-state index < -0.39 is 0 Å². The Bertz CT molecular complexity index is 696. The van der Waals surface area contributed by atoms with Crippen LogP contribution in [-0.2, 0) is 0 Å². The van der Waals surface area contributed by atoms with Gasteiger partial charge in [-0.05, 0) is 49.7 Å². The van der Waals surface area contributed by atoms with Gasteiger partial charge in [-0.2, -0.15) is 0 Å². The van der Waals surface area contributed by atoms with Crippen LogP contribution in [0.5, 0.6) is 5.75 Å². The maximum atomic E-state index is 12.1. The van der Waals surface area contributed by atoms with Gasteiger partial charge in [0.25, 0.3) is 11.8 Å². The highest BCUT2D eigenvalue weighted by Gasteiger charge is 2.09. The number of hydrogen-bond acceptors (Lipinski definition) is 3. The van der Waals surface area contributed by atoms with E-state index in [1.54, 1.807) is 42.5 Å². The van der Waals surface area contributed by atoms with E-state index >= 15 is 0 Å². The van der Waals surface area contributed by atoms with E-state index in [9.17, 15) is 9.59 Å². The van der Waals surface area contributed by atoms with Gasteiger partial charge in [-0.25, -0.2) is 0 Å². The molecule has 0 fully saturated rings. The molecule has 0 aromatic heterocycles. The van der Waals surface area contributed by atoms with E-state index in [1.165, 1.54) is 0 Å². The summed E-state index contributed by atoms with van der Waals surface area (Å²) in [7, 11) is 0. The third kappa shape index (κ3) is 5.12. The van der Waals surface area contributed by atoms with Gasteiger partial charge in [-0.3, -0.25) is 20.4 Å². The van der Waals surface area contributed by atoms with Crippen molar-refractivity contribution in [2.45, 2.75) is 26.7 Å². The molecule has 0 aliphatic carbocycles. The first kappa shape index (κ1) is 17.5. The first-order chi connectivity index (χ1) is 11.6. The standard InChI is InChI=1S/C19H22N2O3/c1-3-4-12-24-17-10-8-15(9-11-17)18(22)20-21-19(23)16-7-5-6-14(2)13-16/h5-11,13H,3-4,12H2,1-2H3,(H,20,22)(H,21,23). The molecule has 2 amide bonds. The third-order valence-corrected chi connectivity index (χ3v) is 3.45. The van der Waals surface area contributed by atoms with Crippen molar-refractivity contribution in [2.75, 3.05) is 6.61 Å². The number of carbonyl (C=O) groups is 2. The van der Waals surface area contributed by atoms with Crippen LogP contribution in [0.15, 0.2) is 48.5 Å². The maximum absolute atomic E-state index is 12.1. The molecule has 0 unspecified atom stereocenters. The van der Waals surface area contributed by atoms with E-state index in [0.29, 0.717) is 17.7 Å². The lowest BCUT2D eigenvalue weighted by atomic mass is 10.1. The Morgan fingerprint density at radius 2 is 1.62 bits per heavy atom. The number of hydrazine groups is 1. The average molecular weight is 326 g/mol. The fourth-order valence-corrected chi connectivity index (χ4v) is 2.08. The molecule has 2 N–H and O–H groups in total. The molecule has 2 aromatic carbocycles. The first-order valence-corrected chi connectivity index (χ1v) is 8.00. The van der Waals surface area contributed by atoms with E-state index in [1.807, 2.05) is 13.0 Å². The molecule has 0 heterocycles. The molecule has 0 saturated heterocycles. The van der Waals surface area contributed by atoms with E-state index in [4.69, 9.17) is 4.74 Å². The zero-order valence-electron chi connectivity index (χ0n) is 14.0. The van der Waals surface area contributed by atoms with Gasteiger partial charge in [0.2, 0.25) is 0 Å². The van der Waals surface area contributed by atoms with Crippen molar-refractivity contribution in [3.8, 4) is 5.75 Å². The molecule has 0 aliphatic rings. The predicted molar refractivity (Wildman–Crippen MR) is 93.0 cm³/mol. The lowest BCUT2D eigenvalue weighted by Gasteiger charge is -2.09. The highest BCUT2D eigenvalue weighted by atomic mass is 16.5. The summed E-state index contributed by atoms with van der Waals surface area (Å²) < 4.78 is 5.55. The molecule has 126 valence electrons. The largest absolute Gasteiger partial charge is 0.494 e. The van der Waals surface area contributed by atoms with Gasteiger partial charge in [0.05, 0.1) is 6.61 Å². The van der Waals surface area contributed by atoms with Crippen molar-refractivity contribution < 1.29 is 14.3 Å². The van der Waals surface area contributed by atoms with E-state index in [0.717, 1.165) is 24.2 Å². The fourth-order valence-electron chi connectivity index (χ4n) is 2.08. The predicted octanol–water partition coefficient (Wildman–Crippen LogP) is 3.25. The van der Waals surface area contributed by atoms with Crippen LogP contribution >= 0.6 is 0 Å². The van der Waals surface area contributed by atoms with Crippen LogP contribution in [0.1, 0.15) is 46.0 Å². The van der Waals surface area contributed by atoms with Crippen LogP contribution in [-0.4, -0.2) is 18.4 Å². The topological polar surface area (TPSA) is 67.4 Å². The number of aryl methyl sites for hydroxylation is 1. The number of benzene rings is 2. The Labute approximate surface area is 142 Å². The molecular formula is C19H22N2O3. The Hall–Kier alpha value is -2.82. The quantitative estimate of drug-likeness (QED) is 0.632. The number of hydrogen-bond donors (Lipinski definition) is 2. The molecule has 2 rings (SSSR count). The molecule has 0 atom stereocenters. The summed E-state index contributed by atoms with van der Waals surface area (Å²) in [4.78, 5) is 24.0. The van der Waals surface area contributed by atoms with Crippen LogP contribution in [0.2, 0.25) is 0 Å². The number of nitrogens with one attached hydrogen (secondary N) is 2. The number of amides is 2. The van der Waals surface area contributed by atoms with Crippen LogP contribution in [0, 0.1) is 6.92 Å². The van der Waals surface area contributed by atoms with Crippen LogP contribution in [0.25, 0.3) is 0 Å². The van der Waals surface area contributed by atoms with Gasteiger partial charge in [0, 0.05) is 11.1 Å². The highest BCUT2D eigenvalue weighted by Crippen LogP contribution is 2.12. The van der Waals surface area contributed by atoms with Gasteiger partial charge < -0.3 is 4.74 Å². The second-order valence-electron chi connectivity index (χ2n) is 5.50. The fraction of sp³-hybridized carbons (Fsp3) is 0.263. The molecule has 5 heteroatoms. The SMILES string of the molecule is CCCCOc1ccc(C(=O)NNC(=O)c2cccc(C)c2)cc1. The maximum Gasteiger partial charge on any atom is 0.269 e. The minimum Gasteiger partial charge on any atom is -0.494 e. The average Bonchev–Trinajstić information content (AvgIpc) is 2.60. The van der Waals surface area contributed by atoms with Gasteiger partial charge in [-0.15, -0.1) is 0 Å². The summed E-state index contributed by atoms with van der Waals surface area (Å²) in [6, 6.07) is 14.0. The number of rotatable bonds is 6. The molecule has 2 aromatic rings. The Balaban J connectivity index is 1.87. The highest BCUT2D eigenvalue weighted by molar-refractivity contribution is 5.99. The molecule has 0 radical (unpaired) electrons. The van der Waals surface area contributed by atoms with Crippen LogP contribution < -0.4 is 15.6 Å². The zero-order chi connectivity index (χ0) is 17.4. The van der Waals surface area contributed by atoms with Crippen molar-refractivity contribution in [3.63, 3.8) is 0 Å². The molecule has 0 saturated carbocycles. The van der Waals surface area contributed by atoms with Gasteiger partial charge in [0.15, 0.2) is 0 Å². The summed E-state index contributed by atoms with van der Waals surface area (Å²) >= 11 is 0. The Morgan fingerprint density at radius 3 is 2.25 bits per heavy atom. The normalized spacial score (nSPS) is 10.1. The molecule has 0 aliphatic heterocycles. The minimum atomic E-state index is -0.379. The van der Waals surface area contributed by atoms with E-state index in [2.05, 4.69) is 17.8 Å². The summed E-state index contributed by atoms with van der Waals surface area (Å²) in [5.74, 6) is -0.00789. The summed E-state index contributed by atoms with van der Waals surface area (Å²) in [5, 5.41) is 0. The van der Waals surface area contributed by atoms with Crippen molar-refractivity contribution >= 4 is 11.8 Å². The van der Waals surface area contributed by atoms with Crippen molar-refractivity contribution in [1.82, 2.24) is 10.9 Å². The second kappa shape index (κ2) is 8.72. The molecular weight excluding hydrogens is 304 g/mol. The summed E-state index contributed by atoms with van der Waals surface area (Å²) in [6.45, 7) is 4.66. The van der Waals surface area contributed by atoms with E-state index in [-0.39, 0.29) is 11.8 Å². The van der Waals surface area contributed by atoms with Gasteiger partial charge >= 0.3 is 0 Å². The number of ether oxygens (including phenoxy) is 1. The lowest BCUT2D eigenvalue weighted by molar-refractivity contribution is 0.0846. The number of unbranched alkanes of at least 4 members (excludes halogenated alkanes) is 1. The minimum absolute atomic E-state index is 0.355. The molecule has 5 nitrogen and oxygen atoms in total. The third-order valence-electron chi connectivity index (χ3n) is 3.45. The van der Waals surface area contributed by atoms with Crippen molar-refractivity contribution in [2.24, 2.45) is 0 Å². The zero-order valence-corrected chi connectivity index (χ0v) is 14.0. The van der Waals surface area contributed by atoms with Gasteiger partial charge in [-0.1, -0.05) is 31.0 Å². The van der Waals surface area contributed by atoms with Crippen molar-refractivity contribution in [3.05, 3.63) is 65.2 Å². The Kier molecular flexibility index (Phi) is 6.37. The van der Waals surface area contributed by atoms with Crippen LogP contribution in [0.3, 0.4) is 0 Å². The molecule has 24 heavy (non-hydrogen) atoms. The summed E-state index contributed by atoms with van der Waals surface area (Å²) in [5.41, 5.74) is 6.74. The smallest absolute Gasteiger partial charge is 0.269 e. The molecule has 0 bridgehead atoms. The second-order valence-corrected chi connectivity index (χ2v) is 5.50. The van der Waals surface area contributed by atoms with Crippen LogP contribution in [0.4, 0.5) is 0 Å². The van der Waals surface area contributed by atoms with Gasteiger partial charge in [0.1, 0.15) is 5.75 Å². The van der Waals surface area contributed by atoms with Crippen molar-refractivity contribution in [1.29, 1.82) is 0 Å². The monoisotopic (exact) mass is 326 g/mol. The first-order valence-electron chi connectivity index (χ1n) is 8.00. The molecule has 0 spiro atoms. The Morgan fingerprint density at radius 1 is 0.958 bits per heavy atom. The summed E-state index contributed by atoms with van der Waals surface area (Å²) in [6.07, 6.45) is 2.06.